The summed E-state index contributed by atoms with van der Waals surface area (Å²) in [7, 11) is 0. The van der Waals surface area contributed by atoms with Crippen molar-refractivity contribution >= 4 is 11.8 Å². The molecule has 94 valence electrons. The molecule has 18 heavy (non-hydrogen) atoms. The van der Waals surface area contributed by atoms with E-state index >= 15 is 0 Å². The van der Waals surface area contributed by atoms with Crippen molar-refractivity contribution in [3.8, 4) is 0 Å². The minimum Gasteiger partial charge on any atom is -0.476 e. The molecule has 7 heteroatoms. The van der Waals surface area contributed by atoms with Crippen LogP contribution in [0.3, 0.4) is 0 Å². The van der Waals surface area contributed by atoms with Gasteiger partial charge < -0.3 is 15.0 Å². The third-order valence-corrected chi connectivity index (χ3v) is 2.33. The molecule has 2 rings (SSSR count). The average Bonchev–Trinajstić information content (AvgIpc) is 2.88. The molecular weight excluding hydrogens is 234 g/mol. The van der Waals surface area contributed by atoms with E-state index in [2.05, 4.69) is 20.3 Å². The van der Waals surface area contributed by atoms with Gasteiger partial charge >= 0.3 is 5.97 Å². The Labute approximate surface area is 104 Å². The quantitative estimate of drug-likeness (QED) is 0.736. The predicted molar refractivity (Wildman–Crippen MR) is 64.3 cm³/mol. The third-order valence-electron chi connectivity index (χ3n) is 2.33. The smallest absolute Gasteiger partial charge is 0.356 e. The summed E-state index contributed by atoms with van der Waals surface area (Å²) < 4.78 is 1.99. The highest BCUT2D eigenvalue weighted by Crippen LogP contribution is 2.01. The van der Waals surface area contributed by atoms with Crippen molar-refractivity contribution in [2.24, 2.45) is 0 Å². The first-order valence-electron chi connectivity index (χ1n) is 5.50. The minimum atomic E-state index is -1.07. The molecule has 0 saturated heterocycles. The molecule has 0 unspecified atom stereocenters. The second kappa shape index (κ2) is 5.76. The second-order valence-corrected chi connectivity index (χ2v) is 3.67. The van der Waals surface area contributed by atoms with Gasteiger partial charge in [-0.25, -0.2) is 19.7 Å². The molecule has 0 aliphatic carbocycles. The number of carbonyl (C=O) groups is 1. The first-order valence-corrected chi connectivity index (χ1v) is 5.50. The maximum atomic E-state index is 10.6. The number of aryl methyl sites for hydroxylation is 1. The summed E-state index contributed by atoms with van der Waals surface area (Å²) in [5, 5.41) is 11.7. The minimum absolute atomic E-state index is 0.0565. The van der Waals surface area contributed by atoms with Crippen LogP contribution in [-0.2, 0) is 6.54 Å². The zero-order valence-corrected chi connectivity index (χ0v) is 9.65. The molecule has 0 aliphatic heterocycles. The molecule has 0 fully saturated rings. The highest BCUT2D eigenvalue weighted by Gasteiger charge is 2.04. The molecule has 7 nitrogen and oxygen atoms in total. The summed E-state index contributed by atoms with van der Waals surface area (Å²) >= 11 is 0. The lowest BCUT2D eigenvalue weighted by Gasteiger charge is -2.05. The number of imidazole rings is 1. The SMILES string of the molecule is O=C(O)c1cnc(NCCCn2ccnc2)cn1. The Bertz CT molecular complexity index is 495. The van der Waals surface area contributed by atoms with Crippen LogP contribution in [0.25, 0.3) is 0 Å². The number of hydrogen-bond acceptors (Lipinski definition) is 5. The molecule has 2 heterocycles. The van der Waals surface area contributed by atoms with Crippen molar-refractivity contribution in [3.63, 3.8) is 0 Å². The van der Waals surface area contributed by atoms with Crippen molar-refractivity contribution in [1.82, 2.24) is 19.5 Å². The Morgan fingerprint density at radius 3 is 2.89 bits per heavy atom. The Balaban J connectivity index is 1.75. The Morgan fingerprint density at radius 2 is 2.28 bits per heavy atom. The molecule has 0 saturated carbocycles. The summed E-state index contributed by atoms with van der Waals surface area (Å²) in [6.45, 7) is 1.60. The van der Waals surface area contributed by atoms with Crippen LogP contribution in [0.5, 0.6) is 0 Å². The molecule has 2 N–H and O–H groups in total. The summed E-state index contributed by atoms with van der Waals surface area (Å²) in [5.41, 5.74) is -0.0565. The molecule has 0 bridgehead atoms. The molecular formula is C11H13N5O2. The Morgan fingerprint density at radius 1 is 1.39 bits per heavy atom. The van der Waals surface area contributed by atoms with E-state index in [1.165, 1.54) is 12.4 Å². The number of carboxylic acid groups (broad SMARTS) is 1. The van der Waals surface area contributed by atoms with Gasteiger partial charge in [0.25, 0.3) is 0 Å². The van der Waals surface area contributed by atoms with Gasteiger partial charge in [0.2, 0.25) is 0 Å². The molecule has 0 aromatic carbocycles. The largest absolute Gasteiger partial charge is 0.476 e. The van der Waals surface area contributed by atoms with Crippen molar-refractivity contribution in [2.75, 3.05) is 11.9 Å². The number of aromatic carboxylic acids is 1. The number of nitrogens with zero attached hydrogens (tertiary/aromatic N) is 4. The lowest BCUT2D eigenvalue weighted by molar-refractivity contribution is 0.0690. The summed E-state index contributed by atoms with van der Waals surface area (Å²) in [6, 6.07) is 0. The predicted octanol–water partition coefficient (Wildman–Crippen LogP) is 0.873. The van der Waals surface area contributed by atoms with Crippen LogP contribution in [0.2, 0.25) is 0 Å². The summed E-state index contributed by atoms with van der Waals surface area (Å²) in [4.78, 5) is 22.3. The van der Waals surface area contributed by atoms with E-state index in [1.807, 2.05) is 10.8 Å². The average molecular weight is 247 g/mol. The number of hydrogen-bond donors (Lipinski definition) is 2. The number of anilines is 1. The first kappa shape index (κ1) is 12.0. The summed E-state index contributed by atoms with van der Waals surface area (Å²) in [5.74, 6) is -0.500. The van der Waals surface area contributed by atoms with E-state index in [4.69, 9.17) is 5.11 Å². The fraction of sp³-hybridized carbons (Fsp3) is 0.273. The molecule has 0 radical (unpaired) electrons. The molecule has 0 amide bonds. The van der Waals surface area contributed by atoms with Gasteiger partial charge in [0.05, 0.1) is 18.7 Å². The zero-order chi connectivity index (χ0) is 12.8. The van der Waals surface area contributed by atoms with Gasteiger partial charge in [0.1, 0.15) is 5.82 Å². The van der Waals surface area contributed by atoms with Crippen molar-refractivity contribution in [3.05, 3.63) is 36.8 Å². The van der Waals surface area contributed by atoms with Crippen LogP contribution < -0.4 is 5.32 Å². The Kier molecular flexibility index (Phi) is 3.85. The first-order chi connectivity index (χ1) is 8.75. The number of nitrogens with one attached hydrogen (secondary N) is 1. The molecule has 0 atom stereocenters. The van der Waals surface area contributed by atoms with Crippen LogP contribution in [0.1, 0.15) is 16.9 Å². The zero-order valence-electron chi connectivity index (χ0n) is 9.65. The van der Waals surface area contributed by atoms with Gasteiger partial charge in [-0.15, -0.1) is 0 Å². The fourth-order valence-electron chi connectivity index (χ4n) is 1.43. The van der Waals surface area contributed by atoms with Gasteiger partial charge in [0.15, 0.2) is 5.69 Å². The van der Waals surface area contributed by atoms with Crippen LogP contribution >= 0.6 is 0 Å². The van der Waals surface area contributed by atoms with Crippen molar-refractivity contribution in [2.45, 2.75) is 13.0 Å². The topological polar surface area (TPSA) is 92.9 Å². The second-order valence-electron chi connectivity index (χ2n) is 3.67. The van der Waals surface area contributed by atoms with E-state index in [0.29, 0.717) is 5.82 Å². The van der Waals surface area contributed by atoms with Gasteiger partial charge in [-0.3, -0.25) is 0 Å². The van der Waals surface area contributed by atoms with E-state index in [9.17, 15) is 4.79 Å². The highest BCUT2D eigenvalue weighted by molar-refractivity contribution is 5.84. The maximum absolute atomic E-state index is 10.6. The summed E-state index contributed by atoms with van der Waals surface area (Å²) in [6.07, 6.45) is 8.98. The highest BCUT2D eigenvalue weighted by atomic mass is 16.4. The van der Waals surface area contributed by atoms with E-state index in [1.54, 1.807) is 12.5 Å². The van der Waals surface area contributed by atoms with Gasteiger partial charge in [-0.2, -0.15) is 0 Å². The number of carboxylic acids is 1. The number of rotatable bonds is 6. The number of aromatic nitrogens is 4. The Hall–Kier alpha value is -2.44. The van der Waals surface area contributed by atoms with Gasteiger partial charge in [-0.1, -0.05) is 0 Å². The van der Waals surface area contributed by atoms with Gasteiger partial charge in [0, 0.05) is 25.5 Å². The third kappa shape index (κ3) is 3.27. The van der Waals surface area contributed by atoms with E-state index in [0.717, 1.165) is 19.5 Å². The standard InChI is InChI=1S/C11H13N5O2/c17-11(18)9-6-15-10(7-14-9)13-2-1-4-16-5-3-12-8-16/h3,5-8H,1-2,4H2,(H,13,15)(H,17,18). The molecule has 2 aromatic rings. The molecule has 0 spiro atoms. The molecule has 0 aliphatic rings. The molecule has 2 aromatic heterocycles. The lowest BCUT2D eigenvalue weighted by atomic mass is 10.4. The van der Waals surface area contributed by atoms with Crippen LogP contribution in [0.15, 0.2) is 31.1 Å². The van der Waals surface area contributed by atoms with Crippen LogP contribution in [-0.4, -0.2) is 37.1 Å². The van der Waals surface area contributed by atoms with E-state index < -0.39 is 5.97 Å². The maximum Gasteiger partial charge on any atom is 0.356 e. The van der Waals surface area contributed by atoms with Crippen molar-refractivity contribution in [1.29, 1.82) is 0 Å². The van der Waals surface area contributed by atoms with Crippen LogP contribution in [0, 0.1) is 0 Å². The lowest BCUT2D eigenvalue weighted by Crippen LogP contribution is -2.08. The normalized spacial score (nSPS) is 10.2. The van der Waals surface area contributed by atoms with E-state index in [-0.39, 0.29) is 5.69 Å². The monoisotopic (exact) mass is 247 g/mol. The fourth-order valence-corrected chi connectivity index (χ4v) is 1.43. The van der Waals surface area contributed by atoms with Crippen molar-refractivity contribution < 1.29 is 9.90 Å². The van der Waals surface area contributed by atoms with Crippen LogP contribution in [0.4, 0.5) is 5.82 Å². The van der Waals surface area contributed by atoms with Gasteiger partial charge in [-0.05, 0) is 6.42 Å².